The molecule has 4 aromatic rings. The van der Waals surface area contributed by atoms with E-state index in [1.165, 1.54) is 23.5 Å². The Labute approximate surface area is 200 Å². The Kier molecular flexibility index (Phi) is 6.50. The first-order valence-electron chi connectivity index (χ1n) is 9.81. The predicted molar refractivity (Wildman–Crippen MR) is 131 cm³/mol. The lowest BCUT2D eigenvalue weighted by atomic mass is 10.2. The molecule has 0 aliphatic rings. The van der Waals surface area contributed by atoms with Gasteiger partial charge in [0.25, 0.3) is 5.91 Å². The molecule has 0 spiro atoms. The Morgan fingerprint density at radius 2 is 1.85 bits per heavy atom. The first kappa shape index (κ1) is 23.0. The van der Waals surface area contributed by atoms with E-state index in [0.29, 0.717) is 22.8 Å². The summed E-state index contributed by atoms with van der Waals surface area (Å²) in [7, 11) is -3.48. The molecule has 170 valence electrons. The fourth-order valence-corrected chi connectivity index (χ4v) is 4.95. The van der Waals surface area contributed by atoms with Gasteiger partial charge in [0.1, 0.15) is 5.69 Å². The molecule has 11 heteroatoms. The van der Waals surface area contributed by atoms with Crippen molar-refractivity contribution in [2.75, 3.05) is 16.3 Å². The topological polar surface area (TPSA) is 106 Å². The van der Waals surface area contributed by atoms with Gasteiger partial charge in [0.05, 0.1) is 29.6 Å². The zero-order valence-corrected chi connectivity index (χ0v) is 20.1. The number of carbonyl (C=O) groups is 1. The summed E-state index contributed by atoms with van der Waals surface area (Å²) in [4.78, 5) is 14.3. The Morgan fingerprint density at radius 3 is 2.58 bits per heavy atom. The number of benzene rings is 2. The molecule has 0 atom stereocenters. The number of thiophene rings is 1. The van der Waals surface area contributed by atoms with Crippen LogP contribution in [0, 0.1) is 6.92 Å². The molecule has 2 N–H and O–H groups in total. The van der Waals surface area contributed by atoms with Crippen LogP contribution in [0.15, 0.2) is 60.8 Å². The molecule has 4 rings (SSSR count). The molecule has 1 amide bonds. The number of anilines is 2. The minimum atomic E-state index is -3.48. The number of amides is 1. The van der Waals surface area contributed by atoms with E-state index < -0.39 is 10.0 Å². The number of halogens is 1. The van der Waals surface area contributed by atoms with E-state index >= 15 is 0 Å². The summed E-state index contributed by atoms with van der Waals surface area (Å²) in [5.41, 5.74) is 3.26. The third-order valence-corrected chi connectivity index (χ3v) is 6.48. The summed E-state index contributed by atoms with van der Waals surface area (Å²) in [6.45, 7) is 2.52. The summed E-state index contributed by atoms with van der Waals surface area (Å²) >= 11 is 7.41. The van der Waals surface area contributed by atoms with Gasteiger partial charge in [0, 0.05) is 21.2 Å². The van der Waals surface area contributed by atoms with Crippen LogP contribution in [0.1, 0.15) is 20.1 Å². The van der Waals surface area contributed by atoms with Gasteiger partial charge in [-0.25, -0.2) is 13.1 Å². The lowest BCUT2D eigenvalue weighted by molar-refractivity contribution is 0.103. The number of sulfonamides is 1. The number of hydrogen-bond donors (Lipinski definition) is 2. The smallest absolute Gasteiger partial charge is 0.265 e. The molecule has 0 unspecified atom stereocenters. The van der Waals surface area contributed by atoms with Crippen LogP contribution < -0.4 is 10.0 Å². The van der Waals surface area contributed by atoms with Crippen LogP contribution in [0.2, 0.25) is 5.02 Å². The lowest BCUT2D eigenvalue weighted by Gasteiger charge is -2.09. The molecule has 0 radical (unpaired) electrons. The van der Waals surface area contributed by atoms with Gasteiger partial charge >= 0.3 is 0 Å². The molecule has 0 fully saturated rings. The van der Waals surface area contributed by atoms with E-state index in [1.807, 2.05) is 43.5 Å². The summed E-state index contributed by atoms with van der Waals surface area (Å²) in [6.07, 6.45) is 2.89. The van der Waals surface area contributed by atoms with Gasteiger partial charge in [-0.1, -0.05) is 47.1 Å². The number of rotatable bonds is 7. The number of aryl methyl sites for hydroxylation is 1. The minimum Gasteiger partial charge on any atom is -0.321 e. The first-order valence-corrected chi connectivity index (χ1v) is 12.9. The van der Waals surface area contributed by atoms with Crippen LogP contribution >= 0.6 is 22.9 Å². The van der Waals surface area contributed by atoms with Gasteiger partial charge in [-0.15, -0.1) is 16.4 Å². The highest BCUT2D eigenvalue weighted by Crippen LogP contribution is 2.31. The maximum absolute atomic E-state index is 12.8. The molecular formula is C22H20ClN5O3S2. The predicted octanol–water partition coefficient (Wildman–Crippen LogP) is 4.64. The molecule has 2 heterocycles. The molecule has 0 aliphatic carbocycles. The van der Waals surface area contributed by atoms with Crippen LogP contribution in [-0.2, 0) is 16.6 Å². The lowest BCUT2D eigenvalue weighted by Crippen LogP contribution is -2.12. The van der Waals surface area contributed by atoms with Crippen molar-refractivity contribution in [3.8, 4) is 11.3 Å². The monoisotopic (exact) mass is 501 g/mol. The summed E-state index contributed by atoms with van der Waals surface area (Å²) in [6, 6.07) is 16.2. The van der Waals surface area contributed by atoms with Crippen molar-refractivity contribution in [2.24, 2.45) is 0 Å². The normalized spacial score (nSPS) is 11.4. The Bertz CT molecular complexity index is 1420. The second-order valence-electron chi connectivity index (χ2n) is 7.42. The van der Waals surface area contributed by atoms with Crippen molar-refractivity contribution in [1.82, 2.24) is 15.0 Å². The van der Waals surface area contributed by atoms with Crippen LogP contribution in [0.5, 0.6) is 0 Å². The van der Waals surface area contributed by atoms with Crippen molar-refractivity contribution in [2.45, 2.75) is 13.5 Å². The molecule has 0 aliphatic heterocycles. The van der Waals surface area contributed by atoms with Crippen LogP contribution in [0.25, 0.3) is 11.3 Å². The molecule has 0 saturated heterocycles. The van der Waals surface area contributed by atoms with Gasteiger partial charge in [-0.2, -0.15) is 0 Å². The van der Waals surface area contributed by atoms with E-state index in [-0.39, 0.29) is 16.6 Å². The van der Waals surface area contributed by atoms with E-state index in [0.717, 1.165) is 22.3 Å². The highest BCUT2D eigenvalue weighted by molar-refractivity contribution is 7.92. The fourth-order valence-electron chi connectivity index (χ4n) is 3.25. The summed E-state index contributed by atoms with van der Waals surface area (Å²) < 4.78 is 27.1. The quantitative estimate of drug-likeness (QED) is 0.383. The van der Waals surface area contributed by atoms with Gasteiger partial charge in [-0.05, 0) is 36.8 Å². The van der Waals surface area contributed by atoms with Gasteiger partial charge in [-0.3, -0.25) is 9.52 Å². The maximum Gasteiger partial charge on any atom is 0.265 e. The van der Waals surface area contributed by atoms with E-state index in [1.54, 1.807) is 16.8 Å². The standard InChI is InChI=1S/C22H20ClN5O3S2/c1-14-19(20-13-28(27-25-20)12-15-6-4-3-5-7-15)11-21(32-14)22(29)24-17-8-16(23)9-18(10-17)26-33(2,30)31/h3-11,13,26H,12H2,1-2H3,(H,24,29). The zero-order chi connectivity index (χ0) is 23.6. The van der Waals surface area contributed by atoms with Gasteiger partial charge < -0.3 is 5.32 Å². The number of hydrogen-bond acceptors (Lipinski definition) is 6. The second-order valence-corrected chi connectivity index (χ2v) is 10.9. The SMILES string of the molecule is Cc1sc(C(=O)Nc2cc(Cl)cc(NS(C)(=O)=O)c2)cc1-c1cn(Cc2ccccc2)nn1. The fraction of sp³-hybridized carbons (Fsp3) is 0.136. The van der Waals surface area contributed by atoms with Crippen molar-refractivity contribution < 1.29 is 13.2 Å². The van der Waals surface area contributed by atoms with Gasteiger partial charge in [0.15, 0.2) is 0 Å². The Balaban J connectivity index is 1.51. The molecule has 33 heavy (non-hydrogen) atoms. The number of aromatic nitrogens is 3. The van der Waals surface area contributed by atoms with E-state index in [4.69, 9.17) is 11.6 Å². The third-order valence-electron chi connectivity index (χ3n) is 4.60. The van der Waals surface area contributed by atoms with E-state index in [2.05, 4.69) is 20.4 Å². The zero-order valence-electron chi connectivity index (χ0n) is 17.7. The molecule has 2 aromatic carbocycles. The van der Waals surface area contributed by atoms with Crippen molar-refractivity contribution in [1.29, 1.82) is 0 Å². The van der Waals surface area contributed by atoms with Crippen LogP contribution in [0.3, 0.4) is 0 Å². The number of nitrogens with zero attached hydrogens (tertiary/aromatic N) is 3. The Morgan fingerprint density at radius 1 is 1.12 bits per heavy atom. The van der Waals surface area contributed by atoms with Gasteiger partial charge in [0.2, 0.25) is 10.0 Å². The highest BCUT2D eigenvalue weighted by Gasteiger charge is 2.17. The Hall–Kier alpha value is -3.21. The number of nitrogens with one attached hydrogen (secondary N) is 2. The summed E-state index contributed by atoms with van der Waals surface area (Å²) in [5.74, 6) is -0.335. The molecule has 0 saturated carbocycles. The highest BCUT2D eigenvalue weighted by atomic mass is 35.5. The van der Waals surface area contributed by atoms with Crippen molar-refractivity contribution >= 4 is 50.2 Å². The van der Waals surface area contributed by atoms with Crippen LogP contribution in [0.4, 0.5) is 11.4 Å². The molecule has 2 aromatic heterocycles. The summed E-state index contributed by atoms with van der Waals surface area (Å²) in [5, 5.41) is 11.5. The largest absolute Gasteiger partial charge is 0.321 e. The second kappa shape index (κ2) is 9.34. The molecule has 0 bridgehead atoms. The first-order chi connectivity index (χ1) is 15.7. The molecular weight excluding hydrogens is 482 g/mol. The maximum atomic E-state index is 12.8. The number of carbonyl (C=O) groups excluding carboxylic acids is 1. The van der Waals surface area contributed by atoms with Crippen molar-refractivity contribution in [3.63, 3.8) is 0 Å². The third kappa shape index (κ3) is 5.98. The van der Waals surface area contributed by atoms with Crippen LogP contribution in [-0.4, -0.2) is 35.6 Å². The van der Waals surface area contributed by atoms with E-state index in [9.17, 15) is 13.2 Å². The molecule has 8 nitrogen and oxygen atoms in total. The van der Waals surface area contributed by atoms with Crippen molar-refractivity contribution in [3.05, 3.63) is 81.1 Å². The average Bonchev–Trinajstić information content (AvgIpc) is 3.33. The minimum absolute atomic E-state index is 0.262. The average molecular weight is 502 g/mol.